The van der Waals surface area contributed by atoms with E-state index in [9.17, 15) is 4.79 Å². The van der Waals surface area contributed by atoms with E-state index in [0.29, 0.717) is 12.2 Å². The number of hydrogen-bond acceptors (Lipinski definition) is 2. The second kappa shape index (κ2) is 10.3. The highest BCUT2D eigenvalue weighted by Gasteiger charge is 2.28. The summed E-state index contributed by atoms with van der Waals surface area (Å²) in [6.45, 7) is 9.03. The van der Waals surface area contributed by atoms with Gasteiger partial charge in [0.25, 0.3) is 0 Å². The topological polar surface area (TPSA) is 26.3 Å². The number of esters is 1. The highest BCUT2D eigenvalue weighted by Crippen LogP contribution is 2.44. The van der Waals surface area contributed by atoms with Gasteiger partial charge in [-0.2, -0.15) is 0 Å². The number of hydrogen-bond donors (Lipinski definition) is 0. The van der Waals surface area contributed by atoms with Gasteiger partial charge in [0.1, 0.15) is 0 Å². The molecule has 2 heteroatoms. The van der Waals surface area contributed by atoms with Crippen LogP contribution in [0, 0.1) is 17.3 Å². The summed E-state index contributed by atoms with van der Waals surface area (Å²) in [6, 6.07) is 16.2. The second-order valence-corrected chi connectivity index (χ2v) is 8.58. The number of benzene rings is 2. The molecule has 2 aromatic carbocycles. The van der Waals surface area contributed by atoms with Gasteiger partial charge in [-0.15, -0.1) is 0 Å². The molecule has 0 saturated carbocycles. The Morgan fingerprint density at radius 3 is 2.42 bits per heavy atom. The number of carbonyl (C=O) groups excluding carboxylic acids is 1. The van der Waals surface area contributed by atoms with E-state index in [1.54, 1.807) is 19.1 Å². The summed E-state index contributed by atoms with van der Waals surface area (Å²) < 4.78 is 5.02. The van der Waals surface area contributed by atoms with Crippen molar-refractivity contribution in [2.75, 3.05) is 6.61 Å². The summed E-state index contributed by atoms with van der Waals surface area (Å²) in [4.78, 5) is 11.8. The maximum absolute atomic E-state index is 11.8. The largest absolute Gasteiger partial charge is 0.462 e. The van der Waals surface area contributed by atoms with E-state index in [-0.39, 0.29) is 11.4 Å². The zero-order valence-electron chi connectivity index (χ0n) is 19.1. The monoisotopic (exact) mass is 412 g/mol. The maximum Gasteiger partial charge on any atom is 0.338 e. The average molecular weight is 413 g/mol. The summed E-state index contributed by atoms with van der Waals surface area (Å²) in [7, 11) is 0. The highest BCUT2D eigenvalue weighted by atomic mass is 16.5. The van der Waals surface area contributed by atoms with Crippen LogP contribution in [0.25, 0.3) is 5.57 Å². The van der Waals surface area contributed by atoms with E-state index in [1.165, 1.54) is 35.1 Å². The van der Waals surface area contributed by atoms with E-state index >= 15 is 0 Å². The fourth-order valence-corrected chi connectivity index (χ4v) is 4.11. The molecule has 3 rings (SSSR count). The van der Waals surface area contributed by atoms with Crippen molar-refractivity contribution in [2.24, 2.45) is 5.41 Å². The lowest BCUT2D eigenvalue weighted by molar-refractivity contribution is 0.0526. The minimum atomic E-state index is -0.298. The van der Waals surface area contributed by atoms with E-state index in [0.717, 1.165) is 18.4 Å². The number of aryl methyl sites for hydroxylation is 1. The third kappa shape index (κ3) is 5.76. The van der Waals surface area contributed by atoms with Crippen molar-refractivity contribution in [1.82, 2.24) is 0 Å². The van der Waals surface area contributed by atoms with Crippen molar-refractivity contribution in [2.45, 2.75) is 53.4 Å². The predicted octanol–water partition coefficient (Wildman–Crippen LogP) is 7.00. The molecule has 0 saturated heterocycles. The van der Waals surface area contributed by atoms with Crippen LogP contribution in [0.3, 0.4) is 0 Å². The molecule has 0 radical (unpaired) electrons. The lowest BCUT2D eigenvalue weighted by Gasteiger charge is -2.34. The molecule has 31 heavy (non-hydrogen) atoms. The first-order chi connectivity index (χ1) is 14.9. The molecular weight excluding hydrogens is 380 g/mol. The third-order valence-corrected chi connectivity index (χ3v) is 5.94. The quantitative estimate of drug-likeness (QED) is 0.390. The van der Waals surface area contributed by atoms with Crippen molar-refractivity contribution >= 4 is 11.5 Å². The Labute approximate surface area is 187 Å². The Kier molecular flexibility index (Phi) is 7.53. The minimum absolute atomic E-state index is 0.135. The van der Waals surface area contributed by atoms with Crippen molar-refractivity contribution < 1.29 is 9.53 Å². The van der Waals surface area contributed by atoms with Gasteiger partial charge in [0.2, 0.25) is 0 Å². The minimum Gasteiger partial charge on any atom is -0.462 e. The maximum atomic E-state index is 11.8. The molecule has 1 aliphatic carbocycles. The molecule has 1 aliphatic rings. The van der Waals surface area contributed by atoms with Gasteiger partial charge in [-0.25, -0.2) is 4.79 Å². The Morgan fingerprint density at radius 1 is 1.06 bits per heavy atom. The number of rotatable bonds is 5. The molecule has 0 aliphatic heterocycles. The molecule has 2 nitrogen and oxygen atoms in total. The third-order valence-electron chi connectivity index (χ3n) is 5.94. The molecule has 0 spiro atoms. The SMILES string of the molecule is CCOC(=O)c1ccc(C#CC=CC2=C(c3ccc(CC)cc3)CCCC2(C)C)cc1. The molecule has 160 valence electrons. The lowest BCUT2D eigenvalue weighted by atomic mass is 9.71. The van der Waals surface area contributed by atoms with Crippen LogP contribution in [0.2, 0.25) is 0 Å². The van der Waals surface area contributed by atoms with Crippen LogP contribution in [-0.2, 0) is 11.2 Å². The molecule has 0 aromatic heterocycles. The molecule has 0 amide bonds. The lowest BCUT2D eigenvalue weighted by Crippen LogP contribution is -2.19. The Morgan fingerprint density at radius 2 is 1.77 bits per heavy atom. The van der Waals surface area contributed by atoms with Crippen molar-refractivity contribution in [3.8, 4) is 11.8 Å². The summed E-state index contributed by atoms with van der Waals surface area (Å²) in [5.41, 5.74) is 7.09. The van der Waals surface area contributed by atoms with Gasteiger partial charge in [0.15, 0.2) is 0 Å². The standard InChI is InChI=1S/C29H32O2/c1-5-22-13-17-24(18-14-22)26-11-9-21-29(3,4)27(26)12-8-7-10-23-15-19-25(20-16-23)28(30)31-6-2/h8,12-20H,5-6,9,11,21H2,1-4H3. The van der Waals surface area contributed by atoms with Crippen molar-refractivity contribution in [1.29, 1.82) is 0 Å². The van der Waals surface area contributed by atoms with Gasteiger partial charge in [-0.3, -0.25) is 0 Å². The second-order valence-electron chi connectivity index (χ2n) is 8.58. The summed E-state index contributed by atoms with van der Waals surface area (Å²) >= 11 is 0. The number of allylic oxidation sites excluding steroid dienone is 4. The first-order valence-corrected chi connectivity index (χ1v) is 11.2. The van der Waals surface area contributed by atoms with E-state index in [4.69, 9.17) is 4.74 Å². The molecule has 0 N–H and O–H groups in total. The zero-order valence-corrected chi connectivity index (χ0v) is 19.1. The van der Waals surface area contributed by atoms with Gasteiger partial charge in [-0.05, 0) is 96.7 Å². The fourth-order valence-electron chi connectivity index (χ4n) is 4.11. The Hall–Kier alpha value is -3.05. The van der Waals surface area contributed by atoms with Gasteiger partial charge in [0.05, 0.1) is 12.2 Å². The number of ether oxygens (including phenoxy) is 1. The van der Waals surface area contributed by atoms with Gasteiger partial charge in [0, 0.05) is 5.56 Å². The van der Waals surface area contributed by atoms with Gasteiger partial charge in [-0.1, -0.05) is 56.9 Å². The molecule has 0 fully saturated rings. The normalized spacial score (nSPS) is 15.5. The fraction of sp³-hybridized carbons (Fsp3) is 0.345. The summed E-state index contributed by atoms with van der Waals surface area (Å²) in [5.74, 6) is 6.04. The molecule has 0 atom stereocenters. The first-order valence-electron chi connectivity index (χ1n) is 11.2. The highest BCUT2D eigenvalue weighted by molar-refractivity contribution is 5.89. The van der Waals surface area contributed by atoms with Crippen LogP contribution in [0.1, 0.15) is 74.0 Å². The molecular formula is C29H32O2. The van der Waals surface area contributed by atoms with Crippen LogP contribution >= 0.6 is 0 Å². The molecule has 0 unspecified atom stereocenters. The average Bonchev–Trinajstić information content (AvgIpc) is 2.77. The molecule has 2 aromatic rings. The first kappa shape index (κ1) is 22.6. The van der Waals surface area contributed by atoms with Crippen LogP contribution in [0.15, 0.2) is 66.3 Å². The van der Waals surface area contributed by atoms with Crippen LogP contribution in [0.4, 0.5) is 0 Å². The molecule has 0 bridgehead atoms. The predicted molar refractivity (Wildman–Crippen MR) is 129 cm³/mol. The van der Waals surface area contributed by atoms with Crippen molar-refractivity contribution in [3.63, 3.8) is 0 Å². The number of carbonyl (C=O) groups is 1. The smallest absolute Gasteiger partial charge is 0.338 e. The van der Waals surface area contributed by atoms with Crippen LogP contribution < -0.4 is 0 Å². The Bertz CT molecular complexity index is 1020. The van der Waals surface area contributed by atoms with E-state index in [1.807, 2.05) is 18.2 Å². The van der Waals surface area contributed by atoms with Crippen LogP contribution in [-0.4, -0.2) is 12.6 Å². The summed E-state index contributed by atoms with van der Waals surface area (Å²) in [6.07, 6.45) is 8.73. The van der Waals surface area contributed by atoms with E-state index < -0.39 is 0 Å². The van der Waals surface area contributed by atoms with Crippen molar-refractivity contribution in [3.05, 3.63) is 88.5 Å². The van der Waals surface area contributed by atoms with Gasteiger partial charge >= 0.3 is 5.97 Å². The Balaban J connectivity index is 1.82. The van der Waals surface area contributed by atoms with Gasteiger partial charge < -0.3 is 4.74 Å². The van der Waals surface area contributed by atoms with Crippen LogP contribution in [0.5, 0.6) is 0 Å². The molecule has 0 heterocycles. The summed E-state index contributed by atoms with van der Waals surface area (Å²) in [5, 5.41) is 0. The zero-order chi connectivity index (χ0) is 22.3. The van der Waals surface area contributed by atoms with E-state index in [2.05, 4.69) is 63.0 Å².